The number of esters is 1. The van der Waals surface area contributed by atoms with Crippen molar-refractivity contribution in [3.63, 3.8) is 0 Å². The predicted octanol–water partition coefficient (Wildman–Crippen LogP) is 2.49. The van der Waals surface area contributed by atoms with Crippen LogP contribution in [-0.2, 0) is 9.53 Å². The number of carbonyl (C=O) groups excluding carboxylic acids is 1. The third kappa shape index (κ3) is 5.01. The highest BCUT2D eigenvalue weighted by Crippen LogP contribution is 2.16. The van der Waals surface area contributed by atoms with Crippen molar-refractivity contribution < 1.29 is 9.53 Å². The van der Waals surface area contributed by atoms with Crippen molar-refractivity contribution in [1.82, 2.24) is 4.98 Å². The van der Waals surface area contributed by atoms with Crippen molar-refractivity contribution in [3.8, 4) is 0 Å². The molecule has 6 heteroatoms. The molecule has 0 aromatic carbocycles. The summed E-state index contributed by atoms with van der Waals surface area (Å²) in [5, 5.41) is 0. The number of carbonyl (C=O) groups is 1. The smallest absolute Gasteiger partial charge is 0.305 e. The molecule has 1 rings (SSSR count). The van der Waals surface area contributed by atoms with Gasteiger partial charge in [0, 0.05) is 25.4 Å². The summed E-state index contributed by atoms with van der Waals surface area (Å²) in [6, 6.07) is 5.69. The van der Waals surface area contributed by atoms with Crippen LogP contribution in [0.2, 0.25) is 0 Å². The second kappa shape index (κ2) is 8.05. The molecule has 0 aliphatic rings. The van der Waals surface area contributed by atoms with Gasteiger partial charge < -0.3 is 9.64 Å². The van der Waals surface area contributed by atoms with E-state index >= 15 is 0 Å². The highest BCUT2D eigenvalue weighted by atomic mass is 32.2. The maximum absolute atomic E-state index is 10.9. The first-order valence-electron chi connectivity index (χ1n) is 5.53. The van der Waals surface area contributed by atoms with E-state index in [1.54, 1.807) is 18.0 Å². The summed E-state index contributed by atoms with van der Waals surface area (Å²) in [4.78, 5) is 17.0. The lowest BCUT2D eigenvalue weighted by molar-refractivity contribution is -0.140. The Morgan fingerprint density at radius 1 is 1.56 bits per heavy atom. The molecule has 0 spiro atoms. The van der Waals surface area contributed by atoms with Crippen LogP contribution in [0.25, 0.3) is 0 Å². The van der Waals surface area contributed by atoms with Gasteiger partial charge in [-0.1, -0.05) is 30.0 Å². The molecule has 98 valence electrons. The molecular weight excluding hydrogens is 268 g/mol. The molecule has 0 unspecified atom stereocenters. The molecule has 1 aromatic heterocycles. The molecule has 4 nitrogen and oxygen atoms in total. The lowest BCUT2D eigenvalue weighted by atomic mass is 10.3. The first-order chi connectivity index (χ1) is 8.65. The molecule has 0 amide bonds. The van der Waals surface area contributed by atoms with Gasteiger partial charge in [0.05, 0.1) is 7.11 Å². The van der Waals surface area contributed by atoms with E-state index in [1.165, 1.54) is 7.11 Å². The number of thiocarbonyl (C=S) groups is 1. The minimum atomic E-state index is -0.181. The van der Waals surface area contributed by atoms with Gasteiger partial charge in [-0.15, -0.1) is 0 Å². The van der Waals surface area contributed by atoms with E-state index in [2.05, 4.69) is 9.72 Å². The van der Waals surface area contributed by atoms with Crippen LogP contribution in [0.5, 0.6) is 0 Å². The van der Waals surface area contributed by atoms with Gasteiger partial charge >= 0.3 is 5.97 Å². The summed E-state index contributed by atoms with van der Waals surface area (Å²) in [5.74, 6) is 1.44. The zero-order chi connectivity index (χ0) is 13.4. The molecule has 0 fully saturated rings. The van der Waals surface area contributed by atoms with Crippen LogP contribution in [0.3, 0.4) is 0 Å². The molecule has 0 atom stereocenters. The van der Waals surface area contributed by atoms with Gasteiger partial charge in [0.25, 0.3) is 0 Å². The fourth-order valence-corrected chi connectivity index (χ4v) is 2.31. The van der Waals surface area contributed by atoms with E-state index < -0.39 is 0 Å². The first kappa shape index (κ1) is 14.9. The van der Waals surface area contributed by atoms with E-state index in [1.807, 2.05) is 30.1 Å². The summed E-state index contributed by atoms with van der Waals surface area (Å²) < 4.78 is 5.32. The van der Waals surface area contributed by atoms with Gasteiger partial charge in [-0.2, -0.15) is 0 Å². The van der Waals surface area contributed by atoms with E-state index in [9.17, 15) is 4.79 Å². The van der Waals surface area contributed by atoms with E-state index in [4.69, 9.17) is 12.2 Å². The minimum absolute atomic E-state index is 0.181. The summed E-state index contributed by atoms with van der Waals surface area (Å²) in [6.07, 6.45) is 2.92. The van der Waals surface area contributed by atoms with E-state index in [-0.39, 0.29) is 5.97 Å². The van der Waals surface area contributed by atoms with Crippen LogP contribution in [0.4, 0.5) is 5.82 Å². The molecule has 0 saturated heterocycles. The van der Waals surface area contributed by atoms with Crippen LogP contribution in [0.15, 0.2) is 24.4 Å². The number of pyridine rings is 1. The Kier molecular flexibility index (Phi) is 6.67. The van der Waals surface area contributed by atoms with Crippen LogP contribution in [-0.4, -0.2) is 35.2 Å². The second-order valence-electron chi connectivity index (χ2n) is 3.54. The van der Waals surface area contributed by atoms with Crippen molar-refractivity contribution >= 4 is 40.1 Å². The Morgan fingerprint density at radius 2 is 2.33 bits per heavy atom. The molecule has 0 N–H and O–H groups in total. The Morgan fingerprint density at radius 3 is 2.94 bits per heavy atom. The molecule has 0 radical (unpaired) electrons. The summed E-state index contributed by atoms with van der Waals surface area (Å²) >= 11 is 6.84. The average Bonchev–Trinajstić information content (AvgIpc) is 2.43. The number of aromatic nitrogens is 1. The predicted molar refractivity (Wildman–Crippen MR) is 78.9 cm³/mol. The normalized spacial score (nSPS) is 9.89. The van der Waals surface area contributed by atoms with Crippen molar-refractivity contribution in [1.29, 1.82) is 0 Å². The maximum atomic E-state index is 10.9. The van der Waals surface area contributed by atoms with Gasteiger partial charge in [-0.05, 0) is 18.6 Å². The lowest BCUT2D eigenvalue weighted by Gasteiger charge is -2.17. The summed E-state index contributed by atoms with van der Waals surface area (Å²) in [5.41, 5.74) is 0. The molecule has 0 bridgehead atoms. The number of hydrogen-bond acceptors (Lipinski definition) is 5. The Bertz CT molecular complexity index is 398. The van der Waals surface area contributed by atoms with Crippen molar-refractivity contribution in [2.45, 2.75) is 12.8 Å². The van der Waals surface area contributed by atoms with Crippen LogP contribution >= 0.6 is 24.0 Å². The standard InChI is InChI=1S/C12H16N2O2S2/c1-14(10-6-3-4-8-13-10)12(17)18-9-5-7-11(15)16-2/h3-4,6,8H,5,7,9H2,1-2H3. The van der Waals surface area contributed by atoms with Crippen LogP contribution < -0.4 is 4.90 Å². The molecule has 18 heavy (non-hydrogen) atoms. The van der Waals surface area contributed by atoms with Crippen molar-refractivity contribution in [3.05, 3.63) is 24.4 Å². The van der Waals surface area contributed by atoms with Gasteiger partial charge in [0.1, 0.15) is 10.1 Å². The van der Waals surface area contributed by atoms with Crippen LogP contribution in [0.1, 0.15) is 12.8 Å². The van der Waals surface area contributed by atoms with Gasteiger partial charge in [0.15, 0.2) is 0 Å². The number of thioether (sulfide) groups is 1. The number of nitrogens with zero attached hydrogens (tertiary/aromatic N) is 2. The van der Waals surface area contributed by atoms with Crippen LogP contribution in [0, 0.1) is 0 Å². The minimum Gasteiger partial charge on any atom is -0.469 e. The Labute approximate surface area is 117 Å². The molecular formula is C12H16N2O2S2. The monoisotopic (exact) mass is 284 g/mol. The summed E-state index contributed by atoms with van der Waals surface area (Å²) in [7, 11) is 3.28. The number of ether oxygens (including phenoxy) is 1. The number of anilines is 1. The number of methoxy groups -OCH3 is 1. The Balaban J connectivity index is 2.31. The SMILES string of the molecule is COC(=O)CCCSC(=S)N(C)c1ccccn1. The largest absolute Gasteiger partial charge is 0.469 e. The average molecular weight is 284 g/mol. The first-order valence-corrected chi connectivity index (χ1v) is 6.93. The molecule has 0 saturated carbocycles. The second-order valence-corrected chi connectivity index (χ2v) is 5.27. The molecule has 0 aliphatic carbocycles. The highest BCUT2D eigenvalue weighted by molar-refractivity contribution is 8.23. The quantitative estimate of drug-likeness (QED) is 0.470. The number of hydrogen-bond donors (Lipinski definition) is 0. The van der Waals surface area contributed by atoms with E-state index in [0.29, 0.717) is 6.42 Å². The van der Waals surface area contributed by atoms with Gasteiger partial charge in [-0.3, -0.25) is 4.79 Å². The van der Waals surface area contributed by atoms with Crippen molar-refractivity contribution in [2.75, 3.05) is 24.8 Å². The lowest BCUT2D eigenvalue weighted by Crippen LogP contribution is -2.22. The fourth-order valence-electron chi connectivity index (χ4n) is 1.22. The van der Waals surface area contributed by atoms with Crippen molar-refractivity contribution in [2.24, 2.45) is 0 Å². The van der Waals surface area contributed by atoms with Gasteiger partial charge in [-0.25, -0.2) is 4.98 Å². The van der Waals surface area contributed by atoms with E-state index in [0.717, 1.165) is 22.3 Å². The zero-order valence-corrected chi connectivity index (χ0v) is 12.1. The molecule has 1 aromatic rings. The third-order valence-corrected chi connectivity index (χ3v) is 3.89. The maximum Gasteiger partial charge on any atom is 0.305 e. The zero-order valence-electron chi connectivity index (χ0n) is 10.5. The third-order valence-electron chi connectivity index (χ3n) is 2.25. The number of rotatable bonds is 5. The van der Waals surface area contributed by atoms with Gasteiger partial charge in [0.2, 0.25) is 0 Å². The fraction of sp³-hybridized carbons (Fsp3) is 0.417. The molecule has 0 aliphatic heterocycles. The Hall–Kier alpha value is -1.14. The topological polar surface area (TPSA) is 42.4 Å². The highest BCUT2D eigenvalue weighted by Gasteiger charge is 2.08. The molecule has 1 heterocycles. The summed E-state index contributed by atoms with van der Waals surface area (Å²) in [6.45, 7) is 0.